The van der Waals surface area contributed by atoms with Crippen molar-refractivity contribution < 1.29 is 13.9 Å². The number of benzene rings is 2. The van der Waals surface area contributed by atoms with Gasteiger partial charge in [-0.2, -0.15) is 15.5 Å². The van der Waals surface area contributed by atoms with Crippen LogP contribution >= 0.6 is 0 Å². The maximum absolute atomic E-state index is 14.7. The Morgan fingerprint density at radius 2 is 1.94 bits per heavy atom. The van der Waals surface area contributed by atoms with E-state index < -0.39 is 23.3 Å². The van der Waals surface area contributed by atoms with Crippen LogP contribution in [0.2, 0.25) is 0 Å². The molecule has 0 aliphatic carbocycles. The Hall–Kier alpha value is -3.90. The van der Waals surface area contributed by atoms with Gasteiger partial charge >= 0.3 is 0 Å². The number of aromatic nitrogens is 5. The molecule has 0 saturated heterocycles. The summed E-state index contributed by atoms with van der Waals surface area (Å²) in [7, 11) is 0. The molecule has 0 aliphatic rings. The monoisotopic (exact) mass is 420 g/mol. The number of aliphatic hydroxyl groups is 1. The molecule has 156 valence electrons. The first kappa shape index (κ1) is 20.4. The van der Waals surface area contributed by atoms with Crippen LogP contribution in [-0.2, 0) is 12.1 Å². The number of hydrogen-bond donors (Lipinski definition) is 1. The van der Waals surface area contributed by atoms with Crippen LogP contribution in [0.1, 0.15) is 24.1 Å². The van der Waals surface area contributed by atoms with Gasteiger partial charge in [-0.1, -0.05) is 18.2 Å². The maximum atomic E-state index is 14.7. The van der Waals surface area contributed by atoms with Crippen LogP contribution in [-0.4, -0.2) is 29.7 Å². The third-order valence-electron chi connectivity index (χ3n) is 5.27. The predicted octanol–water partition coefficient (Wildman–Crippen LogP) is 3.44. The Bertz CT molecular complexity index is 1230. The Morgan fingerprint density at radius 3 is 2.58 bits per heavy atom. The highest BCUT2D eigenvalue weighted by Gasteiger charge is 2.40. The van der Waals surface area contributed by atoms with Gasteiger partial charge in [-0.15, -0.1) is 0 Å². The van der Waals surface area contributed by atoms with Crippen LogP contribution in [0.25, 0.3) is 11.3 Å². The third-order valence-corrected chi connectivity index (χ3v) is 5.27. The molecule has 0 amide bonds. The zero-order chi connectivity index (χ0) is 22.0. The van der Waals surface area contributed by atoms with E-state index in [1.807, 2.05) is 0 Å². The van der Waals surface area contributed by atoms with Gasteiger partial charge in [0.15, 0.2) is 0 Å². The van der Waals surface area contributed by atoms with Crippen LogP contribution in [0.15, 0.2) is 67.4 Å². The van der Waals surface area contributed by atoms with E-state index in [4.69, 9.17) is 5.26 Å². The van der Waals surface area contributed by atoms with Crippen molar-refractivity contribution in [2.75, 3.05) is 0 Å². The Kier molecular flexibility index (Phi) is 5.31. The second kappa shape index (κ2) is 8.08. The molecule has 2 aromatic carbocycles. The molecule has 4 rings (SSSR count). The SMILES string of the molecule is CC(n1ccc(-c2ccc(C#N)cc2)n1)C(O)(Cn1cncn1)c1ccc(F)cc1F. The summed E-state index contributed by atoms with van der Waals surface area (Å²) in [5.74, 6) is -1.60. The first-order chi connectivity index (χ1) is 14.9. The predicted molar refractivity (Wildman–Crippen MR) is 107 cm³/mol. The summed E-state index contributed by atoms with van der Waals surface area (Å²) in [6, 6.07) is 13.1. The fourth-order valence-corrected chi connectivity index (χ4v) is 3.49. The number of nitriles is 1. The lowest BCUT2D eigenvalue weighted by Gasteiger charge is -2.34. The zero-order valence-corrected chi connectivity index (χ0v) is 16.5. The summed E-state index contributed by atoms with van der Waals surface area (Å²) < 4.78 is 31.1. The van der Waals surface area contributed by atoms with Gasteiger partial charge in [0.1, 0.15) is 29.9 Å². The zero-order valence-electron chi connectivity index (χ0n) is 16.5. The lowest BCUT2D eigenvalue weighted by Crippen LogP contribution is -2.40. The fourth-order valence-electron chi connectivity index (χ4n) is 3.49. The molecule has 0 spiro atoms. The van der Waals surface area contributed by atoms with E-state index in [9.17, 15) is 13.9 Å². The van der Waals surface area contributed by atoms with Crippen molar-refractivity contribution in [2.24, 2.45) is 0 Å². The van der Waals surface area contributed by atoms with Crippen LogP contribution in [0.4, 0.5) is 8.78 Å². The topological polar surface area (TPSA) is 92.6 Å². The van der Waals surface area contributed by atoms with Crippen LogP contribution in [0, 0.1) is 23.0 Å². The molecule has 31 heavy (non-hydrogen) atoms. The van der Waals surface area contributed by atoms with Gasteiger partial charge in [-0.25, -0.2) is 18.4 Å². The van der Waals surface area contributed by atoms with Gasteiger partial charge in [0, 0.05) is 23.4 Å². The largest absolute Gasteiger partial charge is 0.381 e. The summed E-state index contributed by atoms with van der Waals surface area (Å²) in [6.07, 6.45) is 4.39. The van der Waals surface area contributed by atoms with Crippen LogP contribution < -0.4 is 0 Å². The molecule has 2 heterocycles. The molecule has 0 radical (unpaired) electrons. The third kappa shape index (κ3) is 3.93. The van der Waals surface area contributed by atoms with Gasteiger partial charge in [-0.3, -0.25) is 4.68 Å². The van der Waals surface area contributed by atoms with Crippen molar-refractivity contribution >= 4 is 0 Å². The molecule has 4 aromatic rings. The van der Waals surface area contributed by atoms with E-state index in [-0.39, 0.29) is 12.1 Å². The number of halogens is 2. The standard InChI is InChI=1S/C22H18F2N6O/c1-15(30-9-8-21(28-30)17-4-2-16(11-25)3-5-17)22(31,12-29-14-26-13-27-29)19-7-6-18(23)10-20(19)24/h2-10,13-15,31H,12H2,1H3. The molecule has 9 heteroatoms. The lowest BCUT2D eigenvalue weighted by atomic mass is 9.86. The molecule has 1 N–H and O–H groups in total. The van der Waals surface area contributed by atoms with Crippen molar-refractivity contribution in [3.05, 3.63) is 90.1 Å². The summed E-state index contributed by atoms with van der Waals surface area (Å²) in [4.78, 5) is 3.87. The Morgan fingerprint density at radius 1 is 1.16 bits per heavy atom. The summed E-state index contributed by atoms with van der Waals surface area (Å²) >= 11 is 0. The highest BCUT2D eigenvalue weighted by atomic mass is 19.1. The van der Waals surface area contributed by atoms with E-state index in [0.717, 1.165) is 17.7 Å². The average molecular weight is 420 g/mol. The number of nitrogens with zero attached hydrogens (tertiary/aromatic N) is 6. The van der Waals surface area contributed by atoms with Crippen molar-refractivity contribution in [3.8, 4) is 17.3 Å². The minimum atomic E-state index is -1.81. The second-order valence-corrected chi connectivity index (χ2v) is 7.19. The van der Waals surface area contributed by atoms with E-state index in [1.165, 1.54) is 28.1 Å². The fraction of sp³-hybridized carbons (Fsp3) is 0.182. The molecule has 2 aromatic heterocycles. The normalized spacial score (nSPS) is 14.0. The number of rotatable bonds is 6. The van der Waals surface area contributed by atoms with Crippen molar-refractivity contribution in [2.45, 2.75) is 25.1 Å². The molecule has 0 fully saturated rings. The second-order valence-electron chi connectivity index (χ2n) is 7.19. The van der Waals surface area contributed by atoms with E-state index in [1.54, 1.807) is 43.5 Å². The lowest BCUT2D eigenvalue weighted by molar-refractivity contribution is -0.0368. The molecule has 7 nitrogen and oxygen atoms in total. The highest BCUT2D eigenvalue weighted by Crippen LogP contribution is 2.37. The van der Waals surface area contributed by atoms with E-state index >= 15 is 0 Å². The Balaban J connectivity index is 1.73. The van der Waals surface area contributed by atoms with E-state index in [2.05, 4.69) is 21.3 Å². The van der Waals surface area contributed by atoms with Crippen LogP contribution in [0.3, 0.4) is 0 Å². The summed E-state index contributed by atoms with van der Waals surface area (Å²) in [5, 5.41) is 29.2. The van der Waals surface area contributed by atoms with Crippen molar-refractivity contribution in [1.29, 1.82) is 5.26 Å². The van der Waals surface area contributed by atoms with Crippen molar-refractivity contribution in [1.82, 2.24) is 24.5 Å². The first-order valence-electron chi connectivity index (χ1n) is 9.47. The Labute approximate surface area is 176 Å². The van der Waals surface area contributed by atoms with Gasteiger partial charge in [0.2, 0.25) is 0 Å². The summed E-state index contributed by atoms with van der Waals surface area (Å²) in [5.41, 5.74) is 0.0639. The minimum absolute atomic E-state index is 0.0766. The molecule has 0 aliphatic heterocycles. The van der Waals surface area contributed by atoms with E-state index in [0.29, 0.717) is 11.3 Å². The van der Waals surface area contributed by atoms with Crippen LogP contribution in [0.5, 0.6) is 0 Å². The maximum Gasteiger partial charge on any atom is 0.137 e. The molecule has 0 saturated carbocycles. The molecule has 2 unspecified atom stereocenters. The van der Waals surface area contributed by atoms with Gasteiger partial charge in [0.05, 0.1) is 29.9 Å². The van der Waals surface area contributed by atoms with Gasteiger partial charge in [-0.05, 0) is 31.2 Å². The van der Waals surface area contributed by atoms with Gasteiger partial charge < -0.3 is 5.11 Å². The minimum Gasteiger partial charge on any atom is -0.381 e. The smallest absolute Gasteiger partial charge is 0.137 e. The quantitative estimate of drug-likeness (QED) is 0.516. The molecular formula is C22H18F2N6O. The highest BCUT2D eigenvalue weighted by molar-refractivity contribution is 5.59. The summed E-state index contributed by atoms with van der Waals surface area (Å²) in [6.45, 7) is 1.57. The first-order valence-corrected chi connectivity index (χ1v) is 9.47. The molecular weight excluding hydrogens is 402 g/mol. The van der Waals surface area contributed by atoms with Crippen molar-refractivity contribution in [3.63, 3.8) is 0 Å². The number of hydrogen-bond acceptors (Lipinski definition) is 5. The molecule has 0 bridgehead atoms. The average Bonchev–Trinajstić information content (AvgIpc) is 3.45. The van der Waals surface area contributed by atoms with Gasteiger partial charge in [0.25, 0.3) is 0 Å². The molecule has 2 atom stereocenters.